The molecular weight excluding hydrogens is 713 g/mol. The number of hydrogen-bond acceptors (Lipinski definition) is 3. The van der Waals surface area contributed by atoms with E-state index in [4.69, 9.17) is 4.98 Å². The van der Waals surface area contributed by atoms with E-state index in [2.05, 4.69) is 211 Å². The van der Waals surface area contributed by atoms with Gasteiger partial charge in [0.2, 0.25) is 6.71 Å². The second-order valence-electron chi connectivity index (χ2n) is 19.9. The van der Waals surface area contributed by atoms with E-state index < -0.39 is 0 Å². The van der Waals surface area contributed by atoms with Crippen LogP contribution >= 0.6 is 0 Å². The van der Waals surface area contributed by atoms with Gasteiger partial charge in [-0.05, 0) is 140 Å². The number of nitrogens with zero attached hydrogens (tertiary/aromatic N) is 3. The van der Waals surface area contributed by atoms with E-state index in [1.807, 2.05) is 0 Å². The van der Waals surface area contributed by atoms with E-state index in [-0.39, 0.29) is 28.4 Å². The molecule has 1 aromatic heterocycles. The number of aromatic nitrogens is 1. The van der Waals surface area contributed by atoms with Gasteiger partial charge in [0.25, 0.3) is 0 Å². The van der Waals surface area contributed by atoms with E-state index in [9.17, 15) is 0 Å². The van der Waals surface area contributed by atoms with Crippen LogP contribution < -0.4 is 26.2 Å². The largest absolute Gasteiger partial charge is 0.310 e. The van der Waals surface area contributed by atoms with E-state index in [1.54, 1.807) is 0 Å². The maximum atomic E-state index is 5.32. The maximum absolute atomic E-state index is 5.32. The highest BCUT2D eigenvalue weighted by Crippen LogP contribution is 2.54. The lowest BCUT2D eigenvalue weighted by Crippen LogP contribution is -2.64. The van der Waals surface area contributed by atoms with Gasteiger partial charge in [-0.25, -0.2) is 4.98 Å². The van der Waals surface area contributed by atoms with E-state index in [0.717, 1.165) is 28.6 Å². The van der Waals surface area contributed by atoms with Gasteiger partial charge in [-0.15, -0.1) is 0 Å². The number of rotatable bonds is 4. The summed E-state index contributed by atoms with van der Waals surface area (Å²) in [6.07, 6.45) is 4.45. The van der Waals surface area contributed by atoms with Gasteiger partial charge in [0.1, 0.15) is 5.82 Å². The summed E-state index contributed by atoms with van der Waals surface area (Å²) in [4.78, 5) is 10.2. The summed E-state index contributed by atoms with van der Waals surface area (Å²) in [6, 6.07) is 52.3. The lowest BCUT2D eigenvalue weighted by Gasteiger charge is -2.48. The van der Waals surface area contributed by atoms with Crippen LogP contribution in [-0.4, -0.2) is 11.7 Å². The highest BCUT2D eigenvalue weighted by Gasteiger charge is 2.50. The van der Waals surface area contributed by atoms with E-state index in [1.165, 1.54) is 79.4 Å². The first-order chi connectivity index (χ1) is 28.3. The highest BCUT2D eigenvalue weighted by atomic mass is 15.2. The molecule has 4 heteroatoms. The molecule has 0 amide bonds. The molecular formula is C55H52BN3. The second kappa shape index (κ2) is 12.3. The molecule has 0 saturated carbocycles. The molecule has 0 bridgehead atoms. The fraction of sp³-hybridized carbons (Fsp3) is 0.255. The third kappa shape index (κ3) is 5.11. The number of fused-ring (bicyclic) bond motifs is 8. The van der Waals surface area contributed by atoms with Crippen molar-refractivity contribution >= 4 is 57.4 Å². The summed E-state index contributed by atoms with van der Waals surface area (Å²) in [5.74, 6) is 1.05. The Balaban J connectivity index is 1.17. The van der Waals surface area contributed by atoms with Crippen molar-refractivity contribution in [3.05, 3.63) is 179 Å². The van der Waals surface area contributed by atoms with Crippen molar-refractivity contribution in [1.82, 2.24) is 4.98 Å². The van der Waals surface area contributed by atoms with Crippen molar-refractivity contribution in [1.29, 1.82) is 0 Å². The SMILES string of the molecule is CC1(C)CCC(C)(C)c2cc3c(cc21)B1c2cc4c(cc2N(c2ccccc2)c2nccc(c21)C3(C)C)-c1ccc(N(c2ccccc2)c2ccccc2)cc1C4(C)C. The average molecular weight is 766 g/mol. The third-order valence-electron chi connectivity index (χ3n) is 14.8. The summed E-state index contributed by atoms with van der Waals surface area (Å²) in [5, 5.41) is 0. The van der Waals surface area contributed by atoms with Crippen molar-refractivity contribution in [2.24, 2.45) is 0 Å². The van der Waals surface area contributed by atoms with Crippen molar-refractivity contribution in [2.75, 3.05) is 9.80 Å². The molecule has 2 aliphatic heterocycles. The smallest absolute Gasteiger partial charge is 0.249 e. The quantitative estimate of drug-likeness (QED) is 0.166. The molecule has 3 nitrogen and oxygen atoms in total. The Morgan fingerprint density at radius 2 is 1.05 bits per heavy atom. The van der Waals surface area contributed by atoms with Gasteiger partial charge in [-0.3, -0.25) is 4.90 Å². The molecule has 0 unspecified atom stereocenters. The van der Waals surface area contributed by atoms with Crippen LogP contribution in [-0.2, 0) is 21.7 Å². The molecule has 4 aliphatic rings. The molecule has 6 aromatic carbocycles. The van der Waals surface area contributed by atoms with Crippen LogP contribution in [0.15, 0.2) is 146 Å². The summed E-state index contributed by atoms with van der Waals surface area (Å²) >= 11 is 0. The van der Waals surface area contributed by atoms with Crippen LogP contribution in [0.5, 0.6) is 0 Å². The standard InChI is InChI=1S/C55H52BN3/c1-52(2)27-28-53(3,4)45-34-47-46(32-44(45)52)54(5,6)41-26-29-57-51-50(41)56(47)48-33-43-40(31-49(48)59(51)37-22-16-11-17-23-37)39-25-24-38(30-42(39)55(43,7)8)58(35-18-12-9-13-19-35)36-20-14-10-15-21-36/h9-26,29-34H,27-28H2,1-8H3. The zero-order chi connectivity index (χ0) is 40.6. The van der Waals surface area contributed by atoms with Crippen molar-refractivity contribution < 1.29 is 0 Å². The van der Waals surface area contributed by atoms with Crippen molar-refractivity contribution in [3.8, 4) is 11.1 Å². The molecule has 0 radical (unpaired) electrons. The van der Waals surface area contributed by atoms with Gasteiger partial charge in [0.15, 0.2) is 0 Å². The second-order valence-corrected chi connectivity index (χ2v) is 19.9. The molecule has 0 N–H and O–H groups in total. The lowest BCUT2D eigenvalue weighted by atomic mass is 9.30. The maximum Gasteiger partial charge on any atom is 0.249 e. The van der Waals surface area contributed by atoms with Gasteiger partial charge in [-0.2, -0.15) is 0 Å². The number of pyridine rings is 1. The minimum Gasteiger partial charge on any atom is -0.310 e. The van der Waals surface area contributed by atoms with E-state index >= 15 is 0 Å². The van der Waals surface area contributed by atoms with Gasteiger partial charge < -0.3 is 4.90 Å². The minimum atomic E-state index is -0.233. The lowest BCUT2D eigenvalue weighted by molar-refractivity contribution is 0.331. The first kappa shape index (κ1) is 36.2. The topological polar surface area (TPSA) is 19.4 Å². The Morgan fingerprint density at radius 1 is 0.492 bits per heavy atom. The Kier molecular flexibility index (Phi) is 7.57. The third-order valence-corrected chi connectivity index (χ3v) is 14.8. The zero-order valence-corrected chi connectivity index (χ0v) is 35.7. The Labute approximate surface area is 350 Å². The molecule has 290 valence electrons. The Hall–Kier alpha value is -5.87. The molecule has 7 aromatic rings. The summed E-state index contributed by atoms with van der Waals surface area (Å²) < 4.78 is 0. The number of benzene rings is 6. The van der Waals surface area contributed by atoms with Gasteiger partial charge >= 0.3 is 0 Å². The first-order valence-corrected chi connectivity index (χ1v) is 21.5. The summed E-state index contributed by atoms with van der Waals surface area (Å²) in [6.45, 7) is 19.7. The molecule has 0 spiro atoms. The number of anilines is 6. The monoisotopic (exact) mass is 765 g/mol. The van der Waals surface area contributed by atoms with Crippen molar-refractivity contribution in [2.45, 2.75) is 89.9 Å². The predicted molar refractivity (Wildman–Crippen MR) is 250 cm³/mol. The Morgan fingerprint density at radius 3 is 1.69 bits per heavy atom. The summed E-state index contributed by atoms with van der Waals surface area (Å²) in [7, 11) is 0. The fourth-order valence-corrected chi connectivity index (χ4v) is 11.4. The van der Waals surface area contributed by atoms with Gasteiger partial charge in [0, 0.05) is 45.5 Å². The first-order valence-electron chi connectivity index (χ1n) is 21.5. The van der Waals surface area contributed by atoms with Crippen LogP contribution in [0.3, 0.4) is 0 Å². The minimum absolute atomic E-state index is 0.0600. The zero-order valence-electron chi connectivity index (χ0n) is 35.7. The van der Waals surface area contributed by atoms with Crippen LogP contribution in [0.25, 0.3) is 11.1 Å². The van der Waals surface area contributed by atoms with Crippen molar-refractivity contribution in [3.63, 3.8) is 0 Å². The molecule has 11 rings (SSSR count). The van der Waals surface area contributed by atoms with Crippen LogP contribution in [0.2, 0.25) is 0 Å². The number of para-hydroxylation sites is 3. The van der Waals surface area contributed by atoms with Gasteiger partial charge in [0.05, 0.1) is 0 Å². The Bertz CT molecular complexity index is 2800. The predicted octanol–water partition coefficient (Wildman–Crippen LogP) is 12.1. The average Bonchev–Trinajstić information content (AvgIpc) is 3.45. The molecule has 2 aliphatic carbocycles. The van der Waals surface area contributed by atoms with Gasteiger partial charge in [-0.1, -0.05) is 140 Å². The molecule has 3 heterocycles. The normalized spacial score (nSPS) is 17.8. The van der Waals surface area contributed by atoms with Crippen LogP contribution in [0.4, 0.5) is 34.3 Å². The molecule has 0 saturated heterocycles. The van der Waals surface area contributed by atoms with E-state index in [0.29, 0.717) is 0 Å². The molecule has 59 heavy (non-hydrogen) atoms. The van der Waals surface area contributed by atoms with Crippen LogP contribution in [0.1, 0.15) is 102 Å². The highest BCUT2D eigenvalue weighted by molar-refractivity contribution is 6.99. The molecule has 0 atom stereocenters. The molecule has 0 fully saturated rings. The summed E-state index contributed by atoms with van der Waals surface area (Å²) in [5.41, 5.74) is 21.1. The van der Waals surface area contributed by atoms with Crippen LogP contribution in [0, 0.1) is 0 Å². The fourth-order valence-electron chi connectivity index (χ4n) is 11.4. The number of hydrogen-bond donors (Lipinski definition) is 0.